The number of para-hydroxylation sites is 3. The minimum atomic E-state index is 0.640. The Kier molecular flexibility index (Phi) is 2.99. The fourth-order valence-corrected chi connectivity index (χ4v) is 3.51. The fraction of sp³-hybridized carbons (Fsp3) is 0. The molecule has 0 N–H and O–H groups in total. The zero-order valence-corrected chi connectivity index (χ0v) is 13.2. The topological polar surface area (TPSA) is 9.29 Å². The fourth-order valence-electron chi connectivity index (χ4n) is 2.98. The molecule has 0 saturated heterocycles. The molecule has 4 rings (SSSR count). The first-order chi connectivity index (χ1) is 10.8. The summed E-state index contributed by atoms with van der Waals surface area (Å²) in [6, 6.07) is 22.4. The maximum absolute atomic E-state index is 7.49. The van der Waals surface area contributed by atoms with Gasteiger partial charge >= 0.3 is 0 Å². The third kappa shape index (κ3) is 1.78. The number of hydrogen-bond donors (Lipinski definition) is 0. The highest BCUT2D eigenvalue weighted by Gasteiger charge is 2.16. The summed E-state index contributed by atoms with van der Waals surface area (Å²) in [5, 5.41) is 2.40. The lowest BCUT2D eigenvalue weighted by molar-refractivity contribution is 1.17. The van der Waals surface area contributed by atoms with Crippen molar-refractivity contribution in [2.45, 2.75) is 0 Å². The quantitative estimate of drug-likeness (QED) is 0.368. The highest BCUT2D eigenvalue weighted by molar-refractivity contribution is 9.10. The minimum Gasteiger partial charge on any atom is -0.318 e. The van der Waals surface area contributed by atoms with Gasteiger partial charge in [-0.05, 0) is 34.1 Å². The van der Waals surface area contributed by atoms with Crippen LogP contribution in [0.2, 0.25) is 0 Å². The molecule has 0 aliphatic carbocycles. The van der Waals surface area contributed by atoms with Crippen LogP contribution in [0.3, 0.4) is 0 Å². The molecule has 0 aliphatic heterocycles. The SMILES string of the molecule is [C-]#[N+]c1cccc(Br)c1-n1c2ccccc2c2ccccc21. The standard InChI is InChI=1S/C19H11BrN2/c1-21-16-10-6-9-15(20)19(16)22-17-11-4-2-7-13(17)14-8-3-5-12-18(14)22/h2-12H. The third-order valence-electron chi connectivity index (χ3n) is 3.89. The first-order valence-electron chi connectivity index (χ1n) is 6.96. The summed E-state index contributed by atoms with van der Waals surface area (Å²) in [5.74, 6) is 0. The summed E-state index contributed by atoms with van der Waals surface area (Å²) >= 11 is 3.62. The molecule has 3 heteroatoms. The first-order valence-corrected chi connectivity index (χ1v) is 7.75. The molecular weight excluding hydrogens is 336 g/mol. The van der Waals surface area contributed by atoms with E-state index in [2.05, 4.69) is 61.7 Å². The summed E-state index contributed by atoms with van der Waals surface area (Å²) in [6.45, 7) is 7.49. The van der Waals surface area contributed by atoms with Crippen LogP contribution in [0.1, 0.15) is 0 Å². The second-order valence-corrected chi connectivity index (χ2v) is 5.94. The lowest BCUT2D eigenvalue weighted by Crippen LogP contribution is -1.95. The van der Waals surface area contributed by atoms with E-state index in [-0.39, 0.29) is 0 Å². The maximum Gasteiger partial charge on any atom is 0.211 e. The van der Waals surface area contributed by atoms with E-state index in [1.165, 1.54) is 10.8 Å². The molecule has 1 heterocycles. The molecular formula is C19H11BrN2. The minimum absolute atomic E-state index is 0.640. The molecule has 0 saturated carbocycles. The number of aromatic nitrogens is 1. The zero-order chi connectivity index (χ0) is 15.1. The second-order valence-electron chi connectivity index (χ2n) is 5.09. The number of benzene rings is 3. The van der Waals surface area contributed by atoms with Gasteiger partial charge in [-0.3, -0.25) is 0 Å². The van der Waals surface area contributed by atoms with E-state index >= 15 is 0 Å². The van der Waals surface area contributed by atoms with Gasteiger partial charge in [-0.1, -0.05) is 48.5 Å². The van der Waals surface area contributed by atoms with E-state index in [0.29, 0.717) is 5.69 Å². The van der Waals surface area contributed by atoms with Gasteiger partial charge in [0.25, 0.3) is 0 Å². The molecule has 0 atom stereocenters. The van der Waals surface area contributed by atoms with Crippen molar-refractivity contribution >= 4 is 43.4 Å². The van der Waals surface area contributed by atoms with Gasteiger partial charge in [0.1, 0.15) is 0 Å². The van der Waals surface area contributed by atoms with E-state index in [1.54, 1.807) is 0 Å². The molecule has 3 aromatic carbocycles. The summed E-state index contributed by atoms with van der Waals surface area (Å²) in [6.07, 6.45) is 0. The van der Waals surface area contributed by atoms with Crippen LogP contribution in [0.5, 0.6) is 0 Å². The molecule has 0 bridgehead atoms. The Labute approximate surface area is 136 Å². The molecule has 0 fully saturated rings. The van der Waals surface area contributed by atoms with Crippen molar-refractivity contribution in [1.82, 2.24) is 4.57 Å². The Morgan fingerprint density at radius 2 is 1.36 bits per heavy atom. The molecule has 1 aromatic heterocycles. The molecule has 0 aliphatic rings. The number of hydrogen-bond acceptors (Lipinski definition) is 0. The van der Waals surface area contributed by atoms with Crippen LogP contribution in [-0.4, -0.2) is 4.57 Å². The summed E-state index contributed by atoms with van der Waals surface area (Å²) in [7, 11) is 0. The predicted molar refractivity (Wildman–Crippen MR) is 94.7 cm³/mol. The molecule has 4 aromatic rings. The normalized spacial score (nSPS) is 10.9. The second kappa shape index (κ2) is 5.01. The van der Waals surface area contributed by atoms with E-state index in [0.717, 1.165) is 21.2 Å². The lowest BCUT2D eigenvalue weighted by Gasteiger charge is -2.12. The summed E-state index contributed by atoms with van der Waals surface area (Å²) in [4.78, 5) is 3.70. The Morgan fingerprint density at radius 1 is 0.773 bits per heavy atom. The lowest BCUT2D eigenvalue weighted by atomic mass is 10.2. The van der Waals surface area contributed by atoms with Gasteiger partial charge in [-0.25, -0.2) is 4.85 Å². The molecule has 104 valence electrons. The Morgan fingerprint density at radius 3 is 1.95 bits per heavy atom. The Hall–Kier alpha value is -2.57. The Balaban J connectivity index is 2.27. The summed E-state index contributed by atoms with van der Waals surface area (Å²) < 4.78 is 3.09. The van der Waals surface area contributed by atoms with Crippen molar-refractivity contribution in [3.63, 3.8) is 0 Å². The molecule has 2 nitrogen and oxygen atoms in total. The van der Waals surface area contributed by atoms with E-state index in [1.807, 2.05) is 30.3 Å². The average molecular weight is 347 g/mol. The molecule has 0 amide bonds. The smallest absolute Gasteiger partial charge is 0.211 e. The van der Waals surface area contributed by atoms with Crippen molar-refractivity contribution in [2.75, 3.05) is 0 Å². The Bertz CT molecular complexity index is 1000. The van der Waals surface area contributed by atoms with Crippen LogP contribution in [0.4, 0.5) is 5.69 Å². The van der Waals surface area contributed by atoms with Gasteiger partial charge in [-0.2, -0.15) is 0 Å². The average Bonchev–Trinajstić information content (AvgIpc) is 2.89. The van der Waals surface area contributed by atoms with Crippen LogP contribution in [-0.2, 0) is 0 Å². The van der Waals surface area contributed by atoms with Crippen molar-refractivity contribution in [1.29, 1.82) is 0 Å². The van der Waals surface area contributed by atoms with Gasteiger partial charge in [0.2, 0.25) is 5.69 Å². The maximum atomic E-state index is 7.49. The van der Waals surface area contributed by atoms with Gasteiger partial charge in [0.05, 0.1) is 23.3 Å². The van der Waals surface area contributed by atoms with Crippen molar-refractivity contribution in [3.05, 3.63) is 82.6 Å². The highest BCUT2D eigenvalue weighted by Crippen LogP contribution is 2.38. The van der Waals surface area contributed by atoms with E-state index < -0.39 is 0 Å². The largest absolute Gasteiger partial charge is 0.318 e. The monoisotopic (exact) mass is 346 g/mol. The van der Waals surface area contributed by atoms with E-state index in [4.69, 9.17) is 6.57 Å². The van der Waals surface area contributed by atoms with Crippen molar-refractivity contribution in [3.8, 4) is 5.69 Å². The number of rotatable bonds is 1. The van der Waals surface area contributed by atoms with Gasteiger partial charge in [0, 0.05) is 15.2 Å². The van der Waals surface area contributed by atoms with Crippen LogP contribution < -0.4 is 0 Å². The number of fused-ring (bicyclic) bond motifs is 3. The van der Waals surface area contributed by atoms with Gasteiger partial charge in [-0.15, -0.1) is 0 Å². The van der Waals surface area contributed by atoms with Crippen molar-refractivity contribution in [2.24, 2.45) is 0 Å². The molecule has 0 spiro atoms. The molecule has 22 heavy (non-hydrogen) atoms. The first kappa shape index (κ1) is 13.1. The van der Waals surface area contributed by atoms with Crippen molar-refractivity contribution < 1.29 is 0 Å². The van der Waals surface area contributed by atoms with Crippen LogP contribution in [0.25, 0.3) is 32.3 Å². The molecule has 0 unspecified atom stereocenters. The summed E-state index contributed by atoms with van der Waals surface area (Å²) in [5.41, 5.74) is 3.76. The van der Waals surface area contributed by atoms with E-state index in [9.17, 15) is 0 Å². The zero-order valence-electron chi connectivity index (χ0n) is 11.6. The predicted octanol–water partition coefficient (Wildman–Crippen LogP) is 6.10. The molecule has 0 radical (unpaired) electrons. The van der Waals surface area contributed by atoms with Crippen LogP contribution in [0, 0.1) is 6.57 Å². The van der Waals surface area contributed by atoms with Gasteiger partial charge in [0.15, 0.2) is 0 Å². The highest BCUT2D eigenvalue weighted by atomic mass is 79.9. The van der Waals surface area contributed by atoms with Gasteiger partial charge < -0.3 is 4.57 Å². The third-order valence-corrected chi connectivity index (χ3v) is 4.53. The number of halogens is 1. The number of nitrogens with zero attached hydrogens (tertiary/aromatic N) is 2. The van der Waals surface area contributed by atoms with Crippen LogP contribution in [0.15, 0.2) is 71.2 Å². The van der Waals surface area contributed by atoms with Crippen LogP contribution >= 0.6 is 15.9 Å².